The van der Waals surface area contributed by atoms with Crippen molar-refractivity contribution in [3.63, 3.8) is 0 Å². The number of imide groups is 1. The Morgan fingerprint density at radius 2 is 2.24 bits per heavy atom. The van der Waals surface area contributed by atoms with Crippen LogP contribution in [0, 0.1) is 0 Å². The van der Waals surface area contributed by atoms with Crippen LogP contribution in [0.2, 0.25) is 0 Å². The number of hydrogen-bond acceptors (Lipinski definition) is 8. The van der Waals surface area contributed by atoms with E-state index in [0.29, 0.717) is 26.9 Å². The van der Waals surface area contributed by atoms with Crippen LogP contribution in [0.15, 0.2) is 36.3 Å². The van der Waals surface area contributed by atoms with Crippen LogP contribution in [0.5, 0.6) is 5.75 Å². The number of phenols is 1. The Bertz CT molecular complexity index is 1010. The fourth-order valence-corrected chi connectivity index (χ4v) is 3.36. The molecule has 0 saturated carbocycles. The third-order valence-corrected chi connectivity index (χ3v) is 4.64. The van der Waals surface area contributed by atoms with Crippen molar-refractivity contribution in [1.82, 2.24) is 24.7 Å². The smallest absolute Gasteiger partial charge is 0.255 e. The molecule has 0 atom stereocenters. The highest BCUT2D eigenvalue weighted by Crippen LogP contribution is 2.34. The van der Waals surface area contributed by atoms with Crippen molar-refractivity contribution in [2.45, 2.75) is 6.92 Å². The maximum Gasteiger partial charge on any atom is 0.255 e. The Labute approximate surface area is 145 Å². The third-order valence-electron chi connectivity index (χ3n) is 3.69. The highest BCUT2D eigenvalue weighted by Gasteiger charge is 2.24. The van der Waals surface area contributed by atoms with Crippen molar-refractivity contribution >= 4 is 33.8 Å². The zero-order valence-corrected chi connectivity index (χ0v) is 13.8. The van der Waals surface area contributed by atoms with Gasteiger partial charge < -0.3 is 10.4 Å². The van der Waals surface area contributed by atoms with Crippen LogP contribution in [0.3, 0.4) is 0 Å². The maximum absolute atomic E-state index is 11.7. The van der Waals surface area contributed by atoms with Gasteiger partial charge in [0, 0.05) is 30.5 Å². The van der Waals surface area contributed by atoms with Gasteiger partial charge in [0.2, 0.25) is 10.9 Å². The van der Waals surface area contributed by atoms with Gasteiger partial charge in [-0.25, -0.2) is 0 Å². The molecule has 2 aromatic heterocycles. The molecule has 1 aliphatic rings. The van der Waals surface area contributed by atoms with Crippen LogP contribution >= 0.6 is 11.3 Å². The van der Waals surface area contributed by atoms with Crippen LogP contribution in [0.1, 0.15) is 6.92 Å². The van der Waals surface area contributed by atoms with Crippen LogP contribution < -0.4 is 5.32 Å². The van der Waals surface area contributed by atoms with Crippen LogP contribution in [-0.2, 0) is 9.59 Å². The van der Waals surface area contributed by atoms with Gasteiger partial charge >= 0.3 is 0 Å². The summed E-state index contributed by atoms with van der Waals surface area (Å²) in [4.78, 5) is 24.8. The summed E-state index contributed by atoms with van der Waals surface area (Å²) in [6.45, 7) is 1.53. The highest BCUT2D eigenvalue weighted by atomic mass is 32.1. The van der Waals surface area contributed by atoms with Gasteiger partial charge in [0.05, 0.1) is 12.1 Å². The molecule has 0 spiro atoms. The maximum atomic E-state index is 11.7. The number of amides is 2. The molecule has 0 aliphatic carbocycles. The number of nitrogens with zero attached hydrogens (tertiary/aromatic N) is 5. The fraction of sp³-hybridized carbons (Fsp3) is 0.133. The third kappa shape index (κ3) is 2.72. The number of carbonyl (C=O) groups excluding carboxylic acids is 2. The molecule has 0 radical (unpaired) electrons. The van der Waals surface area contributed by atoms with Gasteiger partial charge in [-0.05, 0) is 12.1 Å². The predicted molar refractivity (Wildman–Crippen MR) is 89.9 cm³/mol. The van der Waals surface area contributed by atoms with E-state index in [-0.39, 0.29) is 24.1 Å². The van der Waals surface area contributed by atoms with E-state index in [1.807, 2.05) is 0 Å². The quantitative estimate of drug-likeness (QED) is 0.726. The Kier molecular flexibility index (Phi) is 3.46. The van der Waals surface area contributed by atoms with Crippen molar-refractivity contribution in [2.24, 2.45) is 0 Å². The lowest BCUT2D eigenvalue weighted by atomic mass is 10.2. The minimum Gasteiger partial charge on any atom is -0.507 e. The average Bonchev–Trinajstić information content (AvgIpc) is 3.21. The molecule has 0 unspecified atom stereocenters. The Morgan fingerprint density at radius 3 is 2.92 bits per heavy atom. The van der Waals surface area contributed by atoms with E-state index in [2.05, 4.69) is 20.6 Å². The first-order valence-electron chi connectivity index (χ1n) is 7.31. The minimum absolute atomic E-state index is 0.0447. The zero-order chi connectivity index (χ0) is 17.6. The van der Waals surface area contributed by atoms with Crippen molar-refractivity contribution in [3.05, 3.63) is 36.3 Å². The monoisotopic (exact) mass is 356 g/mol. The number of benzene rings is 1. The van der Waals surface area contributed by atoms with Gasteiger partial charge in [-0.2, -0.15) is 9.61 Å². The summed E-state index contributed by atoms with van der Waals surface area (Å²) in [5, 5.41) is 25.9. The number of aromatic hydroxyl groups is 1. The molecular weight excluding hydrogens is 344 g/mol. The largest absolute Gasteiger partial charge is 0.507 e. The van der Waals surface area contributed by atoms with Crippen molar-refractivity contribution < 1.29 is 14.7 Å². The second kappa shape index (κ2) is 5.67. The number of carbonyl (C=O) groups is 2. The van der Waals surface area contributed by atoms with Crippen LogP contribution in [0.25, 0.3) is 15.5 Å². The van der Waals surface area contributed by atoms with Gasteiger partial charge in [0.1, 0.15) is 12.1 Å². The van der Waals surface area contributed by atoms with E-state index in [0.717, 1.165) is 4.90 Å². The summed E-state index contributed by atoms with van der Waals surface area (Å²) in [6, 6.07) is 5.03. The molecular formula is C15H12N6O3S. The first-order chi connectivity index (χ1) is 12.0. The van der Waals surface area contributed by atoms with E-state index in [1.165, 1.54) is 35.2 Å². The SMILES string of the molecule is CC(=O)N1CC(Nc2ccc(-c3nn4cnnc4s3)c(O)c2)=CC1=O. The lowest BCUT2D eigenvalue weighted by Gasteiger charge is -2.13. The molecule has 0 saturated heterocycles. The van der Waals surface area contributed by atoms with Crippen LogP contribution in [-0.4, -0.2) is 48.2 Å². The summed E-state index contributed by atoms with van der Waals surface area (Å²) in [7, 11) is 0. The van der Waals surface area contributed by atoms with Crippen molar-refractivity contribution in [1.29, 1.82) is 0 Å². The zero-order valence-electron chi connectivity index (χ0n) is 13.0. The highest BCUT2D eigenvalue weighted by molar-refractivity contribution is 7.19. The van der Waals surface area contributed by atoms with Crippen LogP contribution in [0.4, 0.5) is 5.69 Å². The molecule has 3 aromatic rings. The molecule has 126 valence electrons. The standard InChI is InChI=1S/C15H12N6O3S/c1-8(22)20-6-10(5-13(20)24)17-9-2-3-11(12(23)4-9)14-19-21-7-16-18-15(21)25-14/h2-5,7,17,23H,6H2,1H3. The van der Waals surface area contributed by atoms with E-state index >= 15 is 0 Å². The lowest BCUT2D eigenvalue weighted by molar-refractivity contribution is -0.138. The first kappa shape index (κ1) is 15.3. The summed E-state index contributed by atoms with van der Waals surface area (Å²) in [5.74, 6) is -0.613. The molecule has 0 fully saturated rings. The summed E-state index contributed by atoms with van der Waals surface area (Å²) < 4.78 is 1.54. The average molecular weight is 356 g/mol. The number of hydrogen-bond donors (Lipinski definition) is 2. The normalized spacial score (nSPS) is 14.2. The number of aromatic nitrogens is 4. The number of nitrogens with one attached hydrogen (secondary N) is 1. The summed E-state index contributed by atoms with van der Waals surface area (Å²) >= 11 is 1.31. The molecule has 2 amide bonds. The molecule has 2 N–H and O–H groups in total. The second-order valence-corrected chi connectivity index (χ2v) is 6.39. The molecule has 1 aromatic carbocycles. The number of anilines is 1. The molecule has 1 aliphatic heterocycles. The molecule has 9 nitrogen and oxygen atoms in total. The topological polar surface area (TPSA) is 113 Å². The Hall–Kier alpha value is -3.27. The summed E-state index contributed by atoms with van der Waals surface area (Å²) in [6.07, 6.45) is 2.86. The minimum atomic E-state index is -0.351. The number of fused-ring (bicyclic) bond motifs is 1. The van der Waals surface area contributed by atoms with Crippen molar-refractivity contribution in [3.8, 4) is 16.3 Å². The molecule has 0 bridgehead atoms. The first-order valence-corrected chi connectivity index (χ1v) is 8.13. The number of rotatable bonds is 3. The van der Waals surface area contributed by atoms with E-state index in [4.69, 9.17) is 0 Å². The van der Waals surface area contributed by atoms with Crippen molar-refractivity contribution in [2.75, 3.05) is 11.9 Å². The second-order valence-electron chi connectivity index (χ2n) is 5.44. The van der Waals surface area contributed by atoms with Gasteiger partial charge in [-0.15, -0.1) is 10.2 Å². The van der Waals surface area contributed by atoms with Gasteiger partial charge in [-0.1, -0.05) is 11.3 Å². The predicted octanol–water partition coefficient (Wildman–Crippen LogP) is 1.24. The molecule has 3 heterocycles. The summed E-state index contributed by atoms with van der Waals surface area (Å²) in [5.41, 5.74) is 1.77. The Morgan fingerprint density at radius 1 is 1.40 bits per heavy atom. The van der Waals surface area contributed by atoms with E-state index in [9.17, 15) is 14.7 Å². The van der Waals surface area contributed by atoms with E-state index < -0.39 is 0 Å². The Balaban J connectivity index is 1.56. The molecule has 10 heteroatoms. The van der Waals surface area contributed by atoms with Gasteiger partial charge in [0.15, 0.2) is 5.01 Å². The van der Waals surface area contributed by atoms with E-state index in [1.54, 1.807) is 18.2 Å². The lowest BCUT2D eigenvalue weighted by Crippen LogP contribution is -2.31. The van der Waals surface area contributed by atoms with Gasteiger partial charge in [0.25, 0.3) is 5.91 Å². The molecule has 4 rings (SSSR count). The molecule has 25 heavy (non-hydrogen) atoms. The fourth-order valence-electron chi connectivity index (χ4n) is 2.51. The van der Waals surface area contributed by atoms with Gasteiger partial charge in [-0.3, -0.25) is 14.5 Å². The number of phenolic OH excluding ortho intramolecular Hbond substituents is 1.